The number of ether oxygens (including phenoxy) is 1. The number of carbonyl (C=O) groups excluding carboxylic acids is 2. The fraction of sp³-hybridized carbons (Fsp3) is 0.310. The highest BCUT2D eigenvalue weighted by molar-refractivity contribution is 7.89. The SMILES string of the molecule is O=C(NCCc1ccc(S(=O)(=O)NC2CCCCC2)cc1)C(=O)Nc1ccc(OCc2ccccc2)cc1. The van der Waals surface area contributed by atoms with Crippen molar-refractivity contribution in [1.82, 2.24) is 10.0 Å². The van der Waals surface area contributed by atoms with Crippen molar-refractivity contribution in [2.75, 3.05) is 11.9 Å². The Labute approximate surface area is 223 Å². The average Bonchev–Trinajstić information content (AvgIpc) is 2.94. The van der Waals surface area contributed by atoms with Gasteiger partial charge < -0.3 is 15.4 Å². The molecule has 3 aromatic rings. The maximum Gasteiger partial charge on any atom is 0.313 e. The molecule has 1 aliphatic carbocycles. The van der Waals surface area contributed by atoms with Crippen LogP contribution < -0.4 is 20.1 Å². The molecule has 2 amide bonds. The van der Waals surface area contributed by atoms with Crippen molar-refractivity contribution in [3.05, 3.63) is 90.0 Å². The van der Waals surface area contributed by atoms with Crippen molar-refractivity contribution >= 4 is 27.5 Å². The predicted octanol–water partition coefficient (Wildman–Crippen LogP) is 4.17. The van der Waals surface area contributed by atoms with E-state index in [4.69, 9.17) is 4.74 Å². The van der Waals surface area contributed by atoms with E-state index in [0.29, 0.717) is 24.5 Å². The third-order valence-corrected chi connectivity index (χ3v) is 7.96. The van der Waals surface area contributed by atoms with Gasteiger partial charge in [0.1, 0.15) is 12.4 Å². The minimum atomic E-state index is -3.55. The summed E-state index contributed by atoms with van der Waals surface area (Å²) in [6.45, 7) is 0.676. The highest BCUT2D eigenvalue weighted by Crippen LogP contribution is 2.20. The normalized spacial score (nSPS) is 14.0. The zero-order valence-corrected chi connectivity index (χ0v) is 22.0. The molecule has 3 aromatic carbocycles. The molecule has 0 atom stereocenters. The molecule has 0 aromatic heterocycles. The van der Waals surface area contributed by atoms with Gasteiger partial charge in [0.25, 0.3) is 0 Å². The van der Waals surface area contributed by atoms with Crippen LogP contribution in [0.5, 0.6) is 5.75 Å². The number of rotatable bonds is 10. The summed E-state index contributed by atoms with van der Waals surface area (Å²) in [5.41, 5.74) is 2.39. The molecule has 8 nitrogen and oxygen atoms in total. The lowest BCUT2D eigenvalue weighted by molar-refractivity contribution is -0.136. The molecule has 0 heterocycles. The lowest BCUT2D eigenvalue weighted by Gasteiger charge is -2.22. The van der Waals surface area contributed by atoms with Crippen molar-refractivity contribution in [3.63, 3.8) is 0 Å². The topological polar surface area (TPSA) is 114 Å². The third kappa shape index (κ3) is 8.16. The highest BCUT2D eigenvalue weighted by Gasteiger charge is 2.21. The molecule has 0 spiro atoms. The van der Waals surface area contributed by atoms with Crippen LogP contribution in [0.1, 0.15) is 43.2 Å². The Morgan fingerprint density at radius 1 is 0.789 bits per heavy atom. The van der Waals surface area contributed by atoms with E-state index in [1.54, 1.807) is 48.5 Å². The van der Waals surface area contributed by atoms with E-state index in [1.807, 2.05) is 30.3 Å². The molecule has 0 bridgehead atoms. The Kier molecular flexibility index (Phi) is 9.51. The molecule has 38 heavy (non-hydrogen) atoms. The molecule has 3 N–H and O–H groups in total. The number of nitrogens with one attached hydrogen (secondary N) is 3. The van der Waals surface area contributed by atoms with E-state index in [2.05, 4.69) is 15.4 Å². The van der Waals surface area contributed by atoms with E-state index >= 15 is 0 Å². The lowest BCUT2D eigenvalue weighted by Crippen LogP contribution is -2.36. The average molecular weight is 536 g/mol. The van der Waals surface area contributed by atoms with Crippen LogP contribution >= 0.6 is 0 Å². The zero-order chi connectivity index (χ0) is 26.8. The van der Waals surface area contributed by atoms with Gasteiger partial charge in [-0.25, -0.2) is 13.1 Å². The van der Waals surface area contributed by atoms with Gasteiger partial charge in [-0.3, -0.25) is 9.59 Å². The number of sulfonamides is 1. The van der Waals surface area contributed by atoms with Gasteiger partial charge in [0.2, 0.25) is 10.0 Å². The summed E-state index contributed by atoms with van der Waals surface area (Å²) >= 11 is 0. The zero-order valence-electron chi connectivity index (χ0n) is 21.2. The number of hydrogen-bond acceptors (Lipinski definition) is 5. The third-order valence-electron chi connectivity index (χ3n) is 6.43. The summed E-state index contributed by atoms with van der Waals surface area (Å²) in [4.78, 5) is 24.7. The molecular weight excluding hydrogens is 502 g/mol. The fourth-order valence-corrected chi connectivity index (χ4v) is 5.61. The Morgan fingerprint density at radius 3 is 2.16 bits per heavy atom. The maximum atomic E-state index is 12.6. The summed E-state index contributed by atoms with van der Waals surface area (Å²) in [7, 11) is -3.55. The van der Waals surface area contributed by atoms with E-state index < -0.39 is 21.8 Å². The second-order valence-electron chi connectivity index (χ2n) is 9.36. The summed E-state index contributed by atoms with van der Waals surface area (Å²) in [5, 5.41) is 5.16. The molecule has 9 heteroatoms. The molecule has 1 fully saturated rings. The summed E-state index contributed by atoms with van der Waals surface area (Å²) in [6.07, 6.45) is 5.46. The first kappa shape index (κ1) is 27.3. The van der Waals surface area contributed by atoms with E-state index in [0.717, 1.165) is 43.2 Å². The fourth-order valence-electron chi connectivity index (χ4n) is 4.31. The van der Waals surface area contributed by atoms with E-state index in [9.17, 15) is 18.0 Å². The molecule has 1 saturated carbocycles. The van der Waals surface area contributed by atoms with Gasteiger partial charge in [-0.1, -0.05) is 61.7 Å². The molecule has 0 radical (unpaired) electrons. The smallest absolute Gasteiger partial charge is 0.313 e. The molecule has 0 saturated heterocycles. The van der Waals surface area contributed by atoms with Gasteiger partial charge in [0, 0.05) is 18.3 Å². The van der Waals surface area contributed by atoms with Crippen LogP contribution in [0, 0.1) is 0 Å². The second kappa shape index (κ2) is 13.2. The molecule has 0 unspecified atom stereocenters. The first-order chi connectivity index (χ1) is 18.4. The number of amides is 2. The number of anilines is 1. The van der Waals surface area contributed by atoms with Crippen molar-refractivity contribution in [3.8, 4) is 5.75 Å². The standard InChI is InChI=1S/C29H33N3O5S/c33-28(29(34)31-24-13-15-26(16-14-24)37-21-23-7-3-1-4-8-23)30-20-19-22-11-17-27(18-12-22)38(35,36)32-25-9-5-2-6-10-25/h1,3-4,7-8,11-18,25,32H,2,5-6,9-10,19-21H2,(H,30,33)(H,31,34). The molecule has 4 rings (SSSR count). The monoisotopic (exact) mass is 535 g/mol. The number of hydrogen-bond donors (Lipinski definition) is 3. The van der Waals surface area contributed by atoms with Gasteiger partial charge in [-0.05, 0) is 66.8 Å². The van der Waals surface area contributed by atoms with Crippen LogP contribution in [0.15, 0.2) is 83.8 Å². The lowest BCUT2D eigenvalue weighted by atomic mass is 9.96. The van der Waals surface area contributed by atoms with Crippen LogP contribution in [0.4, 0.5) is 5.69 Å². The molecule has 1 aliphatic rings. The molecule has 0 aliphatic heterocycles. The van der Waals surface area contributed by atoms with Gasteiger partial charge >= 0.3 is 11.8 Å². The van der Waals surface area contributed by atoms with Crippen molar-refractivity contribution in [1.29, 1.82) is 0 Å². The van der Waals surface area contributed by atoms with Crippen molar-refractivity contribution < 1.29 is 22.7 Å². The minimum absolute atomic E-state index is 0.000643. The minimum Gasteiger partial charge on any atom is -0.489 e. The van der Waals surface area contributed by atoms with E-state index in [-0.39, 0.29) is 17.5 Å². The maximum absolute atomic E-state index is 12.6. The number of benzene rings is 3. The first-order valence-corrected chi connectivity index (χ1v) is 14.3. The summed E-state index contributed by atoms with van der Waals surface area (Å²) < 4.78 is 33.8. The van der Waals surface area contributed by atoms with E-state index in [1.165, 1.54) is 0 Å². The summed E-state index contributed by atoms with van der Waals surface area (Å²) in [5.74, 6) is -0.858. The van der Waals surface area contributed by atoms with Crippen LogP contribution in [0.25, 0.3) is 0 Å². The van der Waals surface area contributed by atoms with Gasteiger partial charge in [-0.2, -0.15) is 0 Å². The van der Waals surface area contributed by atoms with Crippen molar-refractivity contribution in [2.24, 2.45) is 0 Å². The Bertz CT molecular complexity index is 1300. The van der Waals surface area contributed by atoms with Crippen LogP contribution in [0.3, 0.4) is 0 Å². The van der Waals surface area contributed by atoms with Crippen LogP contribution in [-0.2, 0) is 32.6 Å². The van der Waals surface area contributed by atoms with Crippen molar-refractivity contribution in [2.45, 2.75) is 56.1 Å². The van der Waals surface area contributed by atoms with Gasteiger partial charge in [0.15, 0.2) is 0 Å². The molecule has 200 valence electrons. The van der Waals surface area contributed by atoms with Gasteiger partial charge in [-0.15, -0.1) is 0 Å². The second-order valence-corrected chi connectivity index (χ2v) is 11.1. The highest BCUT2D eigenvalue weighted by atomic mass is 32.2. The van der Waals surface area contributed by atoms with Gasteiger partial charge in [0.05, 0.1) is 4.90 Å². The number of carbonyl (C=O) groups is 2. The Hall–Kier alpha value is -3.69. The Balaban J connectivity index is 1.18. The largest absolute Gasteiger partial charge is 0.489 e. The first-order valence-electron chi connectivity index (χ1n) is 12.9. The molecular formula is C29H33N3O5S. The van der Waals surface area contributed by atoms with Crippen LogP contribution in [-0.4, -0.2) is 32.8 Å². The Morgan fingerprint density at radius 2 is 1.47 bits per heavy atom. The van der Waals surface area contributed by atoms with Crippen LogP contribution in [0.2, 0.25) is 0 Å². The summed E-state index contributed by atoms with van der Waals surface area (Å²) in [6, 6.07) is 23.2. The quantitative estimate of drug-likeness (QED) is 0.337. The predicted molar refractivity (Wildman–Crippen MR) is 146 cm³/mol.